The van der Waals surface area contributed by atoms with Crippen LogP contribution in [-0.4, -0.2) is 15.0 Å². The van der Waals surface area contributed by atoms with Gasteiger partial charge in [-0.05, 0) is 13.0 Å². The molecule has 6 nitrogen and oxygen atoms in total. The Balaban J connectivity index is 2.11. The third-order valence-corrected chi connectivity index (χ3v) is 3.32. The first kappa shape index (κ1) is 15.7. The summed E-state index contributed by atoms with van der Waals surface area (Å²) < 4.78 is 15.7. The van der Waals surface area contributed by atoms with E-state index >= 15 is 0 Å². The van der Waals surface area contributed by atoms with Crippen LogP contribution in [0.4, 0.5) is 4.39 Å². The standard InChI is InChI=1S/C15H16FN3O3/c1-10(11-5-3-4-6-12(11)16)17-13(20)9-19-8-7-14(21)18(2)15(19)22/h3-8,10H,9H2,1-2H3,(H,17,20)/t10-/m1/s1. The van der Waals surface area contributed by atoms with Gasteiger partial charge in [-0.25, -0.2) is 9.18 Å². The first-order valence-electron chi connectivity index (χ1n) is 6.70. The van der Waals surface area contributed by atoms with Gasteiger partial charge in [-0.2, -0.15) is 0 Å². The molecule has 0 spiro atoms. The lowest BCUT2D eigenvalue weighted by atomic mass is 10.1. The number of hydrogen-bond acceptors (Lipinski definition) is 3. The third-order valence-electron chi connectivity index (χ3n) is 3.32. The highest BCUT2D eigenvalue weighted by atomic mass is 19.1. The number of nitrogens with zero attached hydrogens (tertiary/aromatic N) is 2. The maximum Gasteiger partial charge on any atom is 0.331 e. The zero-order chi connectivity index (χ0) is 16.3. The molecular weight excluding hydrogens is 289 g/mol. The summed E-state index contributed by atoms with van der Waals surface area (Å²) >= 11 is 0. The smallest absolute Gasteiger partial charge is 0.331 e. The molecule has 2 rings (SSSR count). The molecule has 1 aromatic carbocycles. The highest BCUT2D eigenvalue weighted by Crippen LogP contribution is 2.15. The largest absolute Gasteiger partial charge is 0.348 e. The lowest BCUT2D eigenvalue weighted by Crippen LogP contribution is -2.40. The lowest BCUT2D eigenvalue weighted by molar-refractivity contribution is -0.122. The molecule has 1 aromatic heterocycles. The normalized spacial score (nSPS) is 12.0. The molecule has 0 saturated carbocycles. The summed E-state index contributed by atoms with van der Waals surface area (Å²) in [5, 5.41) is 2.62. The molecule has 0 fully saturated rings. The molecule has 7 heteroatoms. The van der Waals surface area contributed by atoms with Crippen LogP contribution in [0.5, 0.6) is 0 Å². The van der Waals surface area contributed by atoms with Gasteiger partial charge in [-0.3, -0.25) is 18.7 Å². The molecular formula is C15H16FN3O3. The molecule has 0 aliphatic carbocycles. The van der Waals surface area contributed by atoms with Crippen LogP contribution in [0, 0.1) is 5.82 Å². The molecule has 2 aromatic rings. The molecule has 0 aliphatic heterocycles. The van der Waals surface area contributed by atoms with Gasteiger partial charge in [-0.1, -0.05) is 18.2 Å². The maximum atomic E-state index is 13.6. The molecule has 0 saturated heterocycles. The summed E-state index contributed by atoms with van der Waals surface area (Å²) in [7, 11) is 1.33. The fourth-order valence-corrected chi connectivity index (χ4v) is 2.08. The Morgan fingerprint density at radius 2 is 1.95 bits per heavy atom. The second-order valence-electron chi connectivity index (χ2n) is 4.93. The zero-order valence-electron chi connectivity index (χ0n) is 12.2. The summed E-state index contributed by atoms with van der Waals surface area (Å²) in [6, 6.07) is 6.82. The van der Waals surface area contributed by atoms with E-state index in [9.17, 15) is 18.8 Å². The highest BCUT2D eigenvalue weighted by Gasteiger charge is 2.14. The van der Waals surface area contributed by atoms with Crippen molar-refractivity contribution in [1.29, 1.82) is 0 Å². The average Bonchev–Trinajstić information content (AvgIpc) is 2.48. The van der Waals surface area contributed by atoms with Crippen LogP contribution >= 0.6 is 0 Å². The summed E-state index contributed by atoms with van der Waals surface area (Å²) in [6.45, 7) is 1.41. The predicted octanol–water partition coefficient (Wildman–Crippen LogP) is 0.564. The Hall–Kier alpha value is -2.70. The summed E-state index contributed by atoms with van der Waals surface area (Å²) in [5.74, 6) is -0.855. The molecule has 1 amide bonds. The van der Waals surface area contributed by atoms with Crippen molar-refractivity contribution in [2.75, 3.05) is 0 Å². The van der Waals surface area contributed by atoms with E-state index in [2.05, 4.69) is 5.32 Å². The van der Waals surface area contributed by atoms with Crippen molar-refractivity contribution >= 4 is 5.91 Å². The number of rotatable bonds is 4. The van der Waals surface area contributed by atoms with E-state index in [1.54, 1.807) is 25.1 Å². The minimum atomic E-state index is -0.582. The Morgan fingerprint density at radius 1 is 1.27 bits per heavy atom. The zero-order valence-corrected chi connectivity index (χ0v) is 12.2. The summed E-state index contributed by atoms with van der Waals surface area (Å²) in [6.07, 6.45) is 1.26. The van der Waals surface area contributed by atoms with Gasteiger partial charge in [0.05, 0.1) is 6.04 Å². The fraction of sp³-hybridized carbons (Fsp3) is 0.267. The van der Waals surface area contributed by atoms with E-state index < -0.39 is 29.0 Å². The lowest BCUT2D eigenvalue weighted by Gasteiger charge is -2.15. The molecule has 0 unspecified atom stereocenters. The quantitative estimate of drug-likeness (QED) is 0.897. The van der Waals surface area contributed by atoms with Crippen molar-refractivity contribution in [2.24, 2.45) is 7.05 Å². The maximum absolute atomic E-state index is 13.6. The van der Waals surface area contributed by atoms with Gasteiger partial charge < -0.3 is 5.32 Å². The second kappa shape index (κ2) is 6.38. The van der Waals surface area contributed by atoms with Gasteiger partial charge in [0.2, 0.25) is 5.91 Å². The molecule has 22 heavy (non-hydrogen) atoms. The number of halogens is 1. The number of benzene rings is 1. The van der Waals surface area contributed by atoms with Gasteiger partial charge in [0.15, 0.2) is 0 Å². The monoisotopic (exact) mass is 305 g/mol. The number of amides is 1. The predicted molar refractivity (Wildman–Crippen MR) is 78.9 cm³/mol. The van der Waals surface area contributed by atoms with E-state index in [1.807, 2.05) is 0 Å². The van der Waals surface area contributed by atoms with Gasteiger partial charge in [0.1, 0.15) is 12.4 Å². The SMILES string of the molecule is C[C@@H](NC(=O)Cn1ccc(=O)n(C)c1=O)c1ccccc1F. The van der Waals surface area contributed by atoms with Crippen LogP contribution in [0.1, 0.15) is 18.5 Å². The summed E-state index contributed by atoms with van der Waals surface area (Å²) in [5.41, 5.74) is -0.661. The van der Waals surface area contributed by atoms with Gasteiger partial charge in [0, 0.05) is 24.9 Å². The Morgan fingerprint density at radius 3 is 2.64 bits per heavy atom. The van der Waals surface area contributed by atoms with Crippen molar-refractivity contribution in [2.45, 2.75) is 19.5 Å². The van der Waals surface area contributed by atoms with E-state index in [0.717, 1.165) is 9.13 Å². The third kappa shape index (κ3) is 3.30. The Labute approximate surface area is 125 Å². The molecule has 0 bridgehead atoms. The number of nitrogens with one attached hydrogen (secondary N) is 1. The van der Waals surface area contributed by atoms with E-state index in [0.29, 0.717) is 5.56 Å². The number of aromatic nitrogens is 2. The van der Waals surface area contributed by atoms with E-state index in [1.165, 1.54) is 25.4 Å². The van der Waals surface area contributed by atoms with Crippen LogP contribution in [0.3, 0.4) is 0 Å². The first-order valence-corrected chi connectivity index (χ1v) is 6.70. The molecule has 0 aliphatic rings. The average molecular weight is 305 g/mol. The first-order chi connectivity index (χ1) is 10.4. The fourth-order valence-electron chi connectivity index (χ4n) is 2.08. The van der Waals surface area contributed by atoms with Crippen molar-refractivity contribution in [1.82, 2.24) is 14.5 Å². The Bertz CT molecular complexity index is 810. The van der Waals surface area contributed by atoms with Gasteiger partial charge in [-0.15, -0.1) is 0 Å². The number of carbonyl (C=O) groups excluding carboxylic acids is 1. The topological polar surface area (TPSA) is 73.1 Å². The molecule has 1 atom stereocenters. The van der Waals surface area contributed by atoms with Gasteiger partial charge in [0.25, 0.3) is 5.56 Å². The van der Waals surface area contributed by atoms with Crippen LogP contribution in [0.15, 0.2) is 46.1 Å². The van der Waals surface area contributed by atoms with Crippen LogP contribution < -0.4 is 16.6 Å². The van der Waals surface area contributed by atoms with E-state index in [-0.39, 0.29) is 6.54 Å². The number of hydrogen-bond donors (Lipinski definition) is 1. The summed E-state index contributed by atoms with van der Waals surface area (Å²) in [4.78, 5) is 35.1. The van der Waals surface area contributed by atoms with Crippen molar-refractivity contribution in [3.8, 4) is 0 Å². The van der Waals surface area contributed by atoms with Crippen molar-refractivity contribution in [3.63, 3.8) is 0 Å². The van der Waals surface area contributed by atoms with Crippen molar-refractivity contribution < 1.29 is 9.18 Å². The molecule has 0 radical (unpaired) electrons. The van der Waals surface area contributed by atoms with Crippen LogP contribution in [0.2, 0.25) is 0 Å². The minimum Gasteiger partial charge on any atom is -0.348 e. The number of carbonyl (C=O) groups is 1. The molecule has 116 valence electrons. The Kier molecular flexibility index (Phi) is 4.55. The highest BCUT2D eigenvalue weighted by molar-refractivity contribution is 5.76. The van der Waals surface area contributed by atoms with Gasteiger partial charge >= 0.3 is 5.69 Å². The molecule has 1 N–H and O–H groups in total. The second-order valence-corrected chi connectivity index (χ2v) is 4.93. The van der Waals surface area contributed by atoms with Crippen molar-refractivity contribution in [3.05, 3.63) is 68.7 Å². The molecule has 1 heterocycles. The van der Waals surface area contributed by atoms with E-state index in [4.69, 9.17) is 0 Å². The minimum absolute atomic E-state index is 0.244. The van der Waals surface area contributed by atoms with Crippen LogP contribution in [0.25, 0.3) is 0 Å². The van der Waals surface area contributed by atoms with Crippen LogP contribution in [-0.2, 0) is 18.4 Å².